The van der Waals surface area contributed by atoms with Crippen LogP contribution in [0.2, 0.25) is 0 Å². The normalized spacial score (nSPS) is 18.6. The van der Waals surface area contributed by atoms with Gasteiger partial charge in [-0.1, -0.05) is 30.0 Å². The van der Waals surface area contributed by atoms with Crippen molar-refractivity contribution in [2.45, 2.75) is 36.5 Å². The number of hydrazone groups is 1. The Labute approximate surface area is 181 Å². The van der Waals surface area contributed by atoms with E-state index in [9.17, 15) is 4.79 Å². The zero-order chi connectivity index (χ0) is 20.8. The lowest BCUT2D eigenvalue weighted by atomic mass is 10.1. The van der Waals surface area contributed by atoms with Crippen LogP contribution >= 0.6 is 11.8 Å². The lowest BCUT2D eigenvalue weighted by molar-refractivity contribution is -0.130. The van der Waals surface area contributed by atoms with E-state index in [1.807, 2.05) is 42.5 Å². The molecular formula is C22H19N5O3S. The van der Waals surface area contributed by atoms with Gasteiger partial charge in [-0.25, -0.2) is 5.01 Å². The minimum Gasteiger partial charge on any atom is -0.467 e. The number of para-hydroxylation sites is 1. The molecule has 0 unspecified atom stereocenters. The first-order chi connectivity index (χ1) is 15.3. The number of furan rings is 2. The van der Waals surface area contributed by atoms with Gasteiger partial charge >= 0.3 is 0 Å². The smallest absolute Gasteiger partial charge is 0.253 e. The lowest BCUT2D eigenvalue weighted by Crippen LogP contribution is -2.28. The van der Waals surface area contributed by atoms with Crippen LogP contribution in [0.5, 0.6) is 0 Å². The number of nitrogens with zero attached hydrogens (tertiary/aromatic N) is 5. The van der Waals surface area contributed by atoms with Gasteiger partial charge in [0.1, 0.15) is 29.4 Å². The summed E-state index contributed by atoms with van der Waals surface area (Å²) in [7, 11) is 0. The van der Waals surface area contributed by atoms with Crippen molar-refractivity contribution >= 4 is 34.3 Å². The maximum Gasteiger partial charge on any atom is 0.253 e. The summed E-state index contributed by atoms with van der Waals surface area (Å²) >= 11 is 1.39. The SMILES string of the molecule is O=C(CSc1nncn1C1CC1)N1N=C(c2cc3ccccc3o2)C[C@@H]1c1ccco1. The van der Waals surface area contributed by atoms with Crippen molar-refractivity contribution in [2.75, 3.05) is 5.75 Å². The van der Waals surface area contributed by atoms with Crippen LogP contribution in [-0.4, -0.2) is 37.1 Å². The number of hydrogen-bond acceptors (Lipinski definition) is 7. The maximum absolute atomic E-state index is 13.2. The summed E-state index contributed by atoms with van der Waals surface area (Å²) in [6.45, 7) is 0. The molecule has 6 rings (SSSR count). The lowest BCUT2D eigenvalue weighted by Gasteiger charge is -2.19. The fourth-order valence-corrected chi connectivity index (χ4v) is 4.68. The predicted molar refractivity (Wildman–Crippen MR) is 115 cm³/mol. The Morgan fingerprint density at radius 3 is 2.90 bits per heavy atom. The first-order valence-electron chi connectivity index (χ1n) is 10.2. The third-order valence-corrected chi connectivity index (χ3v) is 6.49. The number of thioether (sulfide) groups is 1. The van der Waals surface area contributed by atoms with Crippen LogP contribution in [0.1, 0.15) is 42.9 Å². The van der Waals surface area contributed by atoms with Crippen LogP contribution in [0.15, 0.2) is 74.1 Å². The van der Waals surface area contributed by atoms with Crippen LogP contribution in [0, 0.1) is 0 Å². The molecule has 8 nitrogen and oxygen atoms in total. The standard InChI is InChI=1S/C22H19N5O3S/c28-21(12-31-22-24-23-13-26(22)15-7-8-15)27-17(19-6-3-9-29-19)11-16(25-27)20-10-14-4-1-2-5-18(14)30-20/h1-6,9-10,13,15,17H,7-8,11-12H2/t17-/m1/s1. The highest BCUT2D eigenvalue weighted by Gasteiger charge is 2.36. The molecule has 0 spiro atoms. The first-order valence-corrected chi connectivity index (χ1v) is 11.2. The van der Waals surface area contributed by atoms with E-state index in [0.29, 0.717) is 24.0 Å². The summed E-state index contributed by atoms with van der Waals surface area (Å²) in [5.74, 6) is 1.49. The minimum atomic E-state index is -0.299. The molecule has 1 aliphatic heterocycles. The molecule has 1 fully saturated rings. The Kier molecular flexibility index (Phi) is 4.41. The van der Waals surface area contributed by atoms with Gasteiger partial charge in [0.2, 0.25) is 0 Å². The molecule has 1 atom stereocenters. The van der Waals surface area contributed by atoms with Crippen molar-refractivity contribution in [3.05, 3.63) is 66.6 Å². The number of aromatic nitrogens is 3. The molecule has 3 aromatic heterocycles. The molecule has 0 saturated heterocycles. The van der Waals surface area contributed by atoms with Crippen molar-refractivity contribution in [1.29, 1.82) is 0 Å². The van der Waals surface area contributed by atoms with Crippen molar-refractivity contribution in [3.63, 3.8) is 0 Å². The van der Waals surface area contributed by atoms with Gasteiger partial charge in [-0.3, -0.25) is 4.79 Å². The molecule has 0 radical (unpaired) electrons. The molecule has 2 aliphatic rings. The number of hydrogen-bond donors (Lipinski definition) is 0. The molecule has 4 heterocycles. The second kappa shape index (κ2) is 7.42. The van der Waals surface area contributed by atoms with Crippen LogP contribution in [0.4, 0.5) is 0 Å². The Hall–Kier alpha value is -3.33. The average Bonchev–Trinajstić information content (AvgIpc) is 3.26. The first kappa shape index (κ1) is 18.4. The van der Waals surface area contributed by atoms with Gasteiger partial charge < -0.3 is 13.4 Å². The van der Waals surface area contributed by atoms with E-state index in [1.54, 1.807) is 12.6 Å². The van der Waals surface area contributed by atoms with E-state index < -0.39 is 0 Å². The molecule has 1 amide bonds. The number of carbonyl (C=O) groups excluding carboxylic acids is 1. The van der Waals surface area contributed by atoms with Gasteiger partial charge in [0.25, 0.3) is 5.91 Å². The van der Waals surface area contributed by atoms with Gasteiger partial charge in [0, 0.05) is 17.8 Å². The fraction of sp³-hybridized carbons (Fsp3) is 0.273. The Bertz CT molecular complexity index is 1240. The summed E-state index contributed by atoms with van der Waals surface area (Å²) in [6.07, 6.45) is 6.16. The van der Waals surface area contributed by atoms with Crippen LogP contribution in [0.3, 0.4) is 0 Å². The van der Waals surface area contributed by atoms with Gasteiger partial charge in [0.15, 0.2) is 10.9 Å². The molecule has 4 aromatic rings. The van der Waals surface area contributed by atoms with E-state index in [2.05, 4.69) is 19.9 Å². The number of fused-ring (bicyclic) bond motifs is 1. The Balaban J connectivity index is 1.26. The third-order valence-electron chi connectivity index (χ3n) is 5.55. The van der Waals surface area contributed by atoms with Crippen molar-refractivity contribution in [3.8, 4) is 0 Å². The van der Waals surface area contributed by atoms with Gasteiger partial charge in [-0.05, 0) is 37.1 Å². The number of carbonyl (C=O) groups is 1. The highest BCUT2D eigenvalue weighted by molar-refractivity contribution is 7.99. The minimum absolute atomic E-state index is 0.108. The second-order valence-electron chi connectivity index (χ2n) is 7.71. The highest BCUT2D eigenvalue weighted by atomic mass is 32.2. The molecule has 31 heavy (non-hydrogen) atoms. The quantitative estimate of drug-likeness (QED) is 0.418. The molecule has 156 valence electrons. The highest BCUT2D eigenvalue weighted by Crippen LogP contribution is 2.38. The maximum atomic E-state index is 13.2. The monoisotopic (exact) mass is 433 g/mol. The largest absolute Gasteiger partial charge is 0.467 e. The fourth-order valence-electron chi connectivity index (χ4n) is 3.85. The van der Waals surface area contributed by atoms with E-state index >= 15 is 0 Å². The molecular weight excluding hydrogens is 414 g/mol. The molecule has 1 aliphatic carbocycles. The summed E-state index contributed by atoms with van der Waals surface area (Å²) in [5, 5.41) is 16.1. The molecule has 0 N–H and O–H groups in total. The molecule has 9 heteroatoms. The summed E-state index contributed by atoms with van der Waals surface area (Å²) in [4.78, 5) is 13.2. The van der Waals surface area contributed by atoms with E-state index in [1.165, 1.54) is 16.8 Å². The van der Waals surface area contributed by atoms with Gasteiger partial charge in [-0.15, -0.1) is 10.2 Å². The zero-order valence-corrected chi connectivity index (χ0v) is 17.4. The van der Waals surface area contributed by atoms with E-state index in [4.69, 9.17) is 8.83 Å². The second-order valence-corrected chi connectivity index (χ2v) is 8.65. The van der Waals surface area contributed by atoms with E-state index in [-0.39, 0.29) is 17.7 Å². The number of benzene rings is 1. The van der Waals surface area contributed by atoms with Crippen molar-refractivity contribution in [1.82, 2.24) is 19.8 Å². The third kappa shape index (κ3) is 3.44. The molecule has 1 saturated carbocycles. The average molecular weight is 433 g/mol. The number of amides is 1. The Morgan fingerprint density at radius 2 is 2.10 bits per heavy atom. The van der Waals surface area contributed by atoms with Gasteiger partial charge in [0.05, 0.1) is 12.0 Å². The Morgan fingerprint density at radius 1 is 1.19 bits per heavy atom. The van der Waals surface area contributed by atoms with Crippen molar-refractivity contribution in [2.24, 2.45) is 5.10 Å². The van der Waals surface area contributed by atoms with E-state index in [0.717, 1.165) is 34.7 Å². The number of rotatable bonds is 6. The van der Waals surface area contributed by atoms with Crippen LogP contribution < -0.4 is 0 Å². The summed E-state index contributed by atoms with van der Waals surface area (Å²) < 4.78 is 13.7. The summed E-state index contributed by atoms with van der Waals surface area (Å²) in [5.41, 5.74) is 1.53. The van der Waals surface area contributed by atoms with Crippen molar-refractivity contribution < 1.29 is 13.6 Å². The van der Waals surface area contributed by atoms with Crippen LogP contribution in [-0.2, 0) is 4.79 Å². The summed E-state index contributed by atoms with van der Waals surface area (Å²) in [6, 6.07) is 13.7. The molecule has 1 aromatic carbocycles. The molecule has 0 bridgehead atoms. The van der Waals surface area contributed by atoms with Gasteiger partial charge in [-0.2, -0.15) is 5.10 Å². The predicted octanol–water partition coefficient (Wildman–Crippen LogP) is 4.42. The topological polar surface area (TPSA) is 89.7 Å². The van der Waals surface area contributed by atoms with Crippen LogP contribution in [0.25, 0.3) is 11.0 Å². The zero-order valence-electron chi connectivity index (χ0n) is 16.5.